The van der Waals surface area contributed by atoms with Gasteiger partial charge in [-0.05, 0) is 51.9 Å². The van der Waals surface area contributed by atoms with Crippen LogP contribution in [0, 0.1) is 5.82 Å². The molecule has 2 atom stereocenters. The molecule has 0 saturated carbocycles. The molecule has 0 bridgehead atoms. The molecule has 0 radical (unpaired) electrons. The molecule has 38 heavy (non-hydrogen) atoms. The fourth-order valence-electron chi connectivity index (χ4n) is 5.80. The number of piperazine rings is 1. The number of rotatable bonds is 7. The predicted octanol–water partition coefficient (Wildman–Crippen LogP) is 3.18. The van der Waals surface area contributed by atoms with E-state index in [0.29, 0.717) is 69.6 Å². The van der Waals surface area contributed by atoms with Crippen LogP contribution in [-0.2, 0) is 17.8 Å². The highest BCUT2D eigenvalue weighted by Gasteiger charge is 2.33. The number of hydrogen-bond donors (Lipinski definition) is 1. The second kappa shape index (κ2) is 11.6. The highest BCUT2D eigenvalue weighted by Crippen LogP contribution is 2.36. The van der Waals surface area contributed by atoms with Gasteiger partial charge in [0, 0.05) is 55.6 Å². The summed E-state index contributed by atoms with van der Waals surface area (Å²) in [6, 6.07) is 5.09. The van der Waals surface area contributed by atoms with Crippen molar-refractivity contribution in [1.29, 1.82) is 0 Å². The van der Waals surface area contributed by atoms with Gasteiger partial charge < -0.3 is 29.4 Å². The zero-order valence-corrected chi connectivity index (χ0v) is 23.7. The van der Waals surface area contributed by atoms with Crippen LogP contribution in [0.25, 0.3) is 0 Å². The maximum Gasteiger partial charge on any atom is 0.318 e. The molecule has 206 valence electrons. The first-order chi connectivity index (χ1) is 18.4. The van der Waals surface area contributed by atoms with E-state index in [1.54, 1.807) is 0 Å². The van der Waals surface area contributed by atoms with Gasteiger partial charge in [-0.1, -0.05) is 22.0 Å². The van der Waals surface area contributed by atoms with Gasteiger partial charge >= 0.3 is 6.01 Å². The summed E-state index contributed by atoms with van der Waals surface area (Å²) in [5.74, 6) is 0.452. The highest BCUT2D eigenvalue weighted by atomic mass is 79.9. The van der Waals surface area contributed by atoms with E-state index in [9.17, 15) is 14.3 Å². The Balaban J connectivity index is 1.43. The number of hydrogen-bond acceptors (Lipinski definition) is 8. The van der Waals surface area contributed by atoms with Gasteiger partial charge in [0.05, 0.1) is 12.2 Å². The molecule has 3 aliphatic rings. The van der Waals surface area contributed by atoms with Crippen molar-refractivity contribution in [3.63, 3.8) is 0 Å². The molecule has 1 aromatic carbocycles. The van der Waals surface area contributed by atoms with E-state index in [1.807, 2.05) is 9.80 Å². The first-order valence-electron chi connectivity index (χ1n) is 13.4. The molecule has 11 heteroatoms. The summed E-state index contributed by atoms with van der Waals surface area (Å²) in [7, 11) is 2.11. The van der Waals surface area contributed by atoms with Crippen LogP contribution in [0.3, 0.4) is 0 Å². The van der Waals surface area contributed by atoms with Crippen molar-refractivity contribution in [3.05, 3.63) is 35.3 Å². The number of fused-ring (bicyclic) bond motifs is 1. The van der Waals surface area contributed by atoms with Crippen LogP contribution < -0.4 is 14.5 Å². The molecule has 1 N–H and O–H groups in total. The maximum absolute atomic E-state index is 14.7. The summed E-state index contributed by atoms with van der Waals surface area (Å²) in [6.07, 6.45) is 3.33. The van der Waals surface area contributed by atoms with Crippen LogP contribution in [0.5, 0.6) is 11.8 Å². The Bertz CT molecular complexity index is 1150. The van der Waals surface area contributed by atoms with Crippen LogP contribution in [0.15, 0.2) is 18.2 Å². The average molecular weight is 592 g/mol. The summed E-state index contributed by atoms with van der Waals surface area (Å²) in [5.41, 5.74) is 2.00. The number of benzene rings is 1. The molecule has 1 aromatic heterocycles. The zero-order chi connectivity index (χ0) is 26.8. The van der Waals surface area contributed by atoms with Gasteiger partial charge in [-0.2, -0.15) is 9.97 Å². The van der Waals surface area contributed by atoms with E-state index in [4.69, 9.17) is 14.7 Å². The molecule has 4 heterocycles. The number of para-hydroxylation sites is 1. The molecule has 0 unspecified atom stereocenters. The number of anilines is 2. The molecule has 0 aliphatic carbocycles. The number of carbonyl (C=O) groups excluding carboxylic acids is 1. The topological polar surface area (TPSA) is 85.3 Å². The number of phenols is 1. The third-order valence-electron chi connectivity index (χ3n) is 7.94. The number of amides is 1. The number of carbonyl (C=O) groups is 1. The minimum absolute atomic E-state index is 0.0736. The monoisotopic (exact) mass is 590 g/mol. The Labute approximate surface area is 231 Å². The lowest BCUT2D eigenvalue weighted by Gasteiger charge is -2.42. The third kappa shape index (κ3) is 5.54. The smallest absolute Gasteiger partial charge is 0.318 e. The fraction of sp³-hybridized carbons (Fsp3) is 0.593. The van der Waals surface area contributed by atoms with Gasteiger partial charge in [-0.3, -0.25) is 4.79 Å². The van der Waals surface area contributed by atoms with Gasteiger partial charge in [0.2, 0.25) is 5.91 Å². The average Bonchev–Trinajstić information content (AvgIpc) is 3.31. The first kappa shape index (κ1) is 26.9. The van der Waals surface area contributed by atoms with Crippen molar-refractivity contribution in [1.82, 2.24) is 19.8 Å². The maximum atomic E-state index is 14.7. The molecular weight excluding hydrogens is 555 g/mol. The van der Waals surface area contributed by atoms with Gasteiger partial charge in [0.1, 0.15) is 29.7 Å². The summed E-state index contributed by atoms with van der Waals surface area (Å²) in [4.78, 5) is 30.5. The number of alkyl halides is 1. The molecule has 2 fully saturated rings. The third-order valence-corrected chi connectivity index (χ3v) is 8.34. The number of likely N-dealkylation sites (tertiary alicyclic amines) is 1. The minimum atomic E-state index is -0.457. The van der Waals surface area contributed by atoms with Gasteiger partial charge in [-0.15, -0.1) is 0 Å². The van der Waals surface area contributed by atoms with Crippen molar-refractivity contribution in [2.75, 3.05) is 61.5 Å². The van der Waals surface area contributed by atoms with E-state index in [0.717, 1.165) is 36.5 Å². The Morgan fingerprint density at radius 2 is 2.08 bits per heavy atom. The van der Waals surface area contributed by atoms with Crippen molar-refractivity contribution < 1.29 is 19.0 Å². The Hall–Kier alpha value is -2.66. The van der Waals surface area contributed by atoms with E-state index in [2.05, 4.69) is 39.7 Å². The molecular formula is C27H36BrFN6O3. The summed E-state index contributed by atoms with van der Waals surface area (Å²) >= 11 is 3.37. The van der Waals surface area contributed by atoms with Crippen LogP contribution in [0.1, 0.15) is 37.4 Å². The van der Waals surface area contributed by atoms with Crippen LogP contribution in [-0.4, -0.2) is 94.6 Å². The zero-order valence-electron chi connectivity index (χ0n) is 22.1. The van der Waals surface area contributed by atoms with Crippen molar-refractivity contribution in [3.8, 4) is 11.8 Å². The number of aromatic hydroxyl groups is 1. The number of phenolic OH excluding ortho intramolecular Hbond substituents is 1. The second-order valence-corrected chi connectivity index (χ2v) is 11.2. The van der Waals surface area contributed by atoms with Crippen molar-refractivity contribution in [2.45, 2.75) is 51.2 Å². The van der Waals surface area contributed by atoms with Gasteiger partial charge in [0.15, 0.2) is 0 Å². The Morgan fingerprint density at radius 1 is 1.24 bits per heavy atom. The van der Waals surface area contributed by atoms with Crippen LogP contribution in [0.4, 0.5) is 15.9 Å². The van der Waals surface area contributed by atoms with E-state index in [-0.39, 0.29) is 23.4 Å². The number of likely N-dealkylation sites (N-methyl/N-ethyl adjacent to an activating group) is 1. The lowest BCUT2D eigenvalue weighted by Crippen LogP contribution is -2.54. The van der Waals surface area contributed by atoms with Crippen LogP contribution in [0.2, 0.25) is 0 Å². The van der Waals surface area contributed by atoms with E-state index in [1.165, 1.54) is 18.2 Å². The van der Waals surface area contributed by atoms with Gasteiger partial charge in [-0.25, -0.2) is 4.39 Å². The minimum Gasteiger partial charge on any atom is -0.506 e. The van der Waals surface area contributed by atoms with Crippen molar-refractivity contribution >= 4 is 33.3 Å². The van der Waals surface area contributed by atoms with Crippen molar-refractivity contribution in [2.24, 2.45) is 0 Å². The predicted molar refractivity (Wildman–Crippen MR) is 148 cm³/mol. The highest BCUT2D eigenvalue weighted by molar-refractivity contribution is 9.09. The SMILES string of the molecule is C[C@H]1CN(C(=O)CCBr)CCN1c1nc(OC[C@@H]2CCCN2C)nc2c1CCN(c1c(O)cccc1F)C2. The molecule has 3 aliphatic heterocycles. The van der Waals surface area contributed by atoms with Crippen LogP contribution >= 0.6 is 15.9 Å². The van der Waals surface area contributed by atoms with E-state index >= 15 is 0 Å². The summed E-state index contributed by atoms with van der Waals surface area (Å²) in [6.45, 7) is 6.48. The first-order valence-corrected chi connectivity index (χ1v) is 14.5. The number of ether oxygens (including phenoxy) is 1. The number of nitrogens with zero attached hydrogens (tertiary/aromatic N) is 6. The lowest BCUT2D eigenvalue weighted by molar-refractivity contribution is -0.131. The Kier molecular flexibility index (Phi) is 8.23. The molecule has 5 rings (SSSR count). The fourth-order valence-corrected chi connectivity index (χ4v) is 6.14. The summed E-state index contributed by atoms with van der Waals surface area (Å²) in [5, 5.41) is 11.0. The summed E-state index contributed by atoms with van der Waals surface area (Å²) < 4.78 is 20.9. The Morgan fingerprint density at radius 3 is 2.79 bits per heavy atom. The molecule has 2 saturated heterocycles. The largest absolute Gasteiger partial charge is 0.506 e. The second-order valence-electron chi connectivity index (χ2n) is 10.4. The normalized spacial score (nSPS) is 22.1. The molecule has 9 nitrogen and oxygen atoms in total. The van der Waals surface area contributed by atoms with Gasteiger partial charge in [0.25, 0.3) is 0 Å². The standard InChI is InChI=1S/C27H36BrFN6O3/c1-18-15-33(24(37)8-10-28)13-14-35(18)26-20-9-12-34(25-21(29)6-3-7-23(25)36)16-22(20)30-27(31-26)38-17-19-5-4-11-32(19)2/h3,6-7,18-19,36H,4-5,8-17H2,1-2H3/t18-,19-/m0/s1. The molecule has 1 amide bonds. The number of halogens is 2. The van der Waals surface area contributed by atoms with E-state index < -0.39 is 5.82 Å². The number of aromatic nitrogens is 2. The quantitative estimate of drug-likeness (QED) is 0.492. The lowest BCUT2D eigenvalue weighted by atomic mass is 10.0. The molecule has 0 spiro atoms. The molecule has 2 aromatic rings.